The average molecular weight is 74.1 g/mol. The van der Waals surface area contributed by atoms with E-state index < -0.39 is 0 Å². The standard InChI is InChI=1S/C5H7.Li/c1-4-5(2)3;/h2,4H,1H2,3H3;/q-1;+1. The van der Waals surface area contributed by atoms with Crippen molar-refractivity contribution < 1.29 is 18.9 Å². The maximum absolute atomic E-state index is 5.09. The summed E-state index contributed by atoms with van der Waals surface area (Å²) >= 11 is 0. The van der Waals surface area contributed by atoms with Crippen LogP contribution in [0.4, 0.5) is 0 Å². The van der Waals surface area contributed by atoms with Gasteiger partial charge in [0.25, 0.3) is 0 Å². The van der Waals surface area contributed by atoms with Gasteiger partial charge in [0.1, 0.15) is 0 Å². The molecule has 28 valence electrons. The molecule has 0 saturated carbocycles. The molecule has 0 bridgehead atoms. The molecule has 0 amide bonds. The van der Waals surface area contributed by atoms with E-state index in [1.54, 1.807) is 13.0 Å². The molecule has 0 rings (SSSR count). The topological polar surface area (TPSA) is 0 Å². The van der Waals surface area contributed by atoms with E-state index in [1.807, 2.05) is 0 Å². The van der Waals surface area contributed by atoms with Crippen molar-refractivity contribution in [1.29, 1.82) is 0 Å². The quantitative estimate of drug-likeness (QED) is 0.203. The minimum absolute atomic E-state index is 0. The second-order valence-electron chi connectivity index (χ2n) is 0.948. The van der Waals surface area contributed by atoms with Gasteiger partial charge in [-0.25, -0.2) is 11.6 Å². The van der Waals surface area contributed by atoms with Gasteiger partial charge in [0.15, 0.2) is 0 Å². The van der Waals surface area contributed by atoms with E-state index in [9.17, 15) is 0 Å². The van der Waals surface area contributed by atoms with Crippen LogP contribution in [0, 0.1) is 6.58 Å². The Morgan fingerprint density at radius 3 is 2.00 bits per heavy atom. The minimum Gasteiger partial charge on any atom is -0.290 e. The molecule has 0 fully saturated rings. The second-order valence-corrected chi connectivity index (χ2v) is 0.948. The first-order chi connectivity index (χ1) is 2.27. The molecule has 0 spiro atoms. The molecule has 0 aromatic carbocycles. The Labute approximate surface area is 51.1 Å². The molecule has 0 atom stereocenters. The molecule has 0 saturated heterocycles. The van der Waals surface area contributed by atoms with Crippen molar-refractivity contribution >= 4 is 0 Å². The predicted octanol–water partition coefficient (Wildman–Crippen LogP) is -1.44. The Kier molecular flexibility index (Phi) is 7.97. The minimum atomic E-state index is 0. The first kappa shape index (κ1) is 9.42. The molecule has 0 aliphatic rings. The van der Waals surface area contributed by atoms with E-state index in [1.165, 1.54) is 0 Å². The number of allylic oxidation sites excluding steroid dienone is 2. The zero-order valence-electron chi connectivity index (χ0n) is 4.36. The summed E-state index contributed by atoms with van der Waals surface area (Å²) in [4.78, 5) is 0. The summed E-state index contributed by atoms with van der Waals surface area (Å²) < 4.78 is 0. The second kappa shape index (κ2) is 5.08. The van der Waals surface area contributed by atoms with E-state index in [4.69, 9.17) is 6.58 Å². The maximum atomic E-state index is 5.09. The van der Waals surface area contributed by atoms with Gasteiger partial charge in [-0.15, -0.1) is 0 Å². The molecular formula is C5H7Li. The summed E-state index contributed by atoms with van der Waals surface area (Å²) in [6.07, 6.45) is 1.61. The molecule has 6 heavy (non-hydrogen) atoms. The summed E-state index contributed by atoms with van der Waals surface area (Å²) in [5, 5.41) is 0. The largest absolute Gasteiger partial charge is 1.00 e. The molecule has 0 aromatic rings. The van der Waals surface area contributed by atoms with Crippen molar-refractivity contribution in [2.75, 3.05) is 0 Å². The molecule has 0 aromatic heterocycles. The van der Waals surface area contributed by atoms with Gasteiger partial charge in [0.05, 0.1) is 0 Å². The Balaban J connectivity index is 0. The Bertz CT molecular complexity index is 55.0. The van der Waals surface area contributed by atoms with E-state index in [-0.39, 0.29) is 18.9 Å². The Morgan fingerprint density at radius 1 is 1.83 bits per heavy atom. The molecule has 1 heteroatoms. The van der Waals surface area contributed by atoms with Crippen LogP contribution in [0.1, 0.15) is 6.92 Å². The fourth-order valence-corrected chi connectivity index (χ4v) is 0. The fraction of sp³-hybridized carbons (Fsp3) is 0.200. The number of hydrogen-bond donors (Lipinski definition) is 0. The third-order valence-corrected chi connectivity index (χ3v) is 0.322. The van der Waals surface area contributed by atoms with Crippen LogP contribution in [0.5, 0.6) is 0 Å². The smallest absolute Gasteiger partial charge is 0.290 e. The number of rotatable bonds is 1. The fourth-order valence-electron chi connectivity index (χ4n) is 0. The van der Waals surface area contributed by atoms with Crippen LogP contribution in [0.15, 0.2) is 18.2 Å². The third-order valence-electron chi connectivity index (χ3n) is 0.322. The van der Waals surface area contributed by atoms with Crippen LogP contribution in [0.2, 0.25) is 0 Å². The molecule has 0 nitrogen and oxygen atoms in total. The summed E-state index contributed by atoms with van der Waals surface area (Å²) in [6.45, 7) is 10.3. The third kappa shape index (κ3) is 8.95. The normalized spacial score (nSPS) is 5.50. The van der Waals surface area contributed by atoms with Gasteiger partial charge in [0.2, 0.25) is 0 Å². The average Bonchev–Trinajstić information content (AvgIpc) is 1.38. The van der Waals surface area contributed by atoms with Crippen LogP contribution >= 0.6 is 0 Å². The van der Waals surface area contributed by atoms with Crippen molar-refractivity contribution in [2.45, 2.75) is 6.92 Å². The molecular weight excluding hydrogens is 67.0 g/mol. The van der Waals surface area contributed by atoms with Crippen molar-refractivity contribution in [3.05, 3.63) is 24.8 Å². The summed E-state index contributed by atoms with van der Waals surface area (Å²) in [6, 6.07) is 0. The van der Waals surface area contributed by atoms with E-state index in [0.29, 0.717) is 0 Å². The van der Waals surface area contributed by atoms with Crippen molar-refractivity contribution in [2.24, 2.45) is 0 Å². The van der Waals surface area contributed by atoms with Gasteiger partial charge >= 0.3 is 18.9 Å². The first-order valence-corrected chi connectivity index (χ1v) is 1.49. The molecule has 0 aliphatic heterocycles. The van der Waals surface area contributed by atoms with Crippen LogP contribution in [0.3, 0.4) is 0 Å². The zero-order chi connectivity index (χ0) is 4.28. The van der Waals surface area contributed by atoms with Crippen LogP contribution in [-0.4, -0.2) is 0 Å². The van der Waals surface area contributed by atoms with Crippen LogP contribution in [0.25, 0.3) is 0 Å². The van der Waals surface area contributed by atoms with E-state index in [0.717, 1.165) is 5.57 Å². The maximum Gasteiger partial charge on any atom is 1.00 e. The summed E-state index contributed by atoms with van der Waals surface area (Å²) in [5.74, 6) is 0. The monoisotopic (exact) mass is 74.1 g/mol. The Morgan fingerprint density at radius 2 is 2.00 bits per heavy atom. The Hall–Kier alpha value is 0.0774. The van der Waals surface area contributed by atoms with Gasteiger partial charge < -0.3 is 0 Å². The van der Waals surface area contributed by atoms with Gasteiger partial charge in [-0.2, -0.15) is 6.58 Å². The first-order valence-electron chi connectivity index (χ1n) is 1.49. The predicted molar refractivity (Wildman–Crippen MR) is 23.7 cm³/mol. The van der Waals surface area contributed by atoms with Gasteiger partial charge in [-0.3, -0.25) is 6.58 Å². The molecule has 0 heterocycles. The van der Waals surface area contributed by atoms with Crippen molar-refractivity contribution in [1.82, 2.24) is 0 Å². The molecule has 0 radical (unpaired) electrons. The van der Waals surface area contributed by atoms with Gasteiger partial charge in [-0.1, -0.05) is 6.92 Å². The van der Waals surface area contributed by atoms with E-state index >= 15 is 0 Å². The SMILES string of the molecule is [CH-]=C(C)C=C.[Li+]. The summed E-state index contributed by atoms with van der Waals surface area (Å²) in [7, 11) is 0. The van der Waals surface area contributed by atoms with Crippen molar-refractivity contribution in [3.63, 3.8) is 0 Å². The summed E-state index contributed by atoms with van der Waals surface area (Å²) in [5.41, 5.74) is 0.769. The molecule has 0 N–H and O–H groups in total. The zero-order valence-corrected chi connectivity index (χ0v) is 4.36. The number of hydrogen-bond acceptors (Lipinski definition) is 0. The van der Waals surface area contributed by atoms with Crippen LogP contribution in [-0.2, 0) is 0 Å². The van der Waals surface area contributed by atoms with Crippen LogP contribution < -0.4 is 18.9 Å². The molecule has 0 aliphatic carbocycles. The molecule has 0 unspecified atom stereocenters. The van der Waals surface area contributed by atoms with Gasteiger partial charge in [0, 0.05) is 0 Å². The van der Waals surface area contributed by atoms with E-state index in [2.05, 4.69) is 6.58 Å². The van der Waals surface area contributed by atoms with Crippen molar-refractivity contribution in [3.8, 4) is 0 Å². The van der Waals surface area contributed by atoms with Gasteiger partial charge in [-0.05, 0) is 0 Å².